The molecule has 0 spiro atoms. The zero-order valence-corrected chi connectivity index (χ0v) is 16.3. The molecule has 0 saturated heterocycles. The van der Waals surface area contributed by atoms with Crippen LogP contribution in [0.2, 0.25) is 5.02 Å². The van der Waals surface area contributed by atoms with Gasteiger partial charge < -0.3 is 19.8 Å². The number of rotatable bonds is 7. The Balaban J connectivity index is 1.22. The minimum Gasteiger partial charge on any atom is -0.486 e. The molecule has 1 aromatic heterocycles. The van der Waals surface area contributed by atoms with Gasteiger partial charge in [-0.3, -0.25) is 4.79 Å². The van der Waals surface area contributed by atoms with Gasteiger partial charge in [-0.2, -0.15) is 0 Å². The van der Waals surface area contributed by atoms with Crippen molar-refractivity contribution in [3.05, 3.63) is 58.7 Å². The number of fused-ring (bicyclic) bond motifs is 2. The fourth-order valence-corrected chi connectivity index (χ4v) is 3.81. The van der Waals surface area contributed by atoms with E-state index in [1.54, 1.807) is 0 Å². The van der Waals surface area contributed by atoms with Crippen LogP contribution in [0.5, 0.6) is 11.5 Å². The number of carbonyl (C=O) groups excluding carboxylic acids is 1. The highest BCUT2D eigenvalue weighted by Gasteiger charge is 2.16. The van der Waals surface area contributed by atoms with Crippen LogP contribution in [0, 0.1) is 0 Å². The van der Waals surface area contributed by atoms with Gasteiger partial charge in [-0.1, -0.05) is 29.8 Å². The first-order valence-electron chi connectivity index (χ1n) is 9.60. The number of halogens is 1. The highest BCUT2D eigenvalue weighted by atomic mass is 35.5. The standard InChI is InChI=1S/C22H23ClN2O3/c23-18-12-15(13-20-22(18)28-11-10-27-20)8-9-24-21(26)7-3-4-16-14-25-19-6-2-1-5-17(16)19/h1-2,5-6,12-14,25H,3-4,7-11H2,(H,24,26). The number of amides is 1. The van der Waals surface area contributed by atoms with Crippen LogP contribution >= 0.6 is 11.6 Å². The number of aryl methyl sites for hydroxylation is 1. The van der Waals surface area contributed by atoms with Gasteiger partial charge in [-0.25, -0.2) is 0 Å². The lowest BCUT2D eigenvalue weighted by atomic mass is 10.1. The van der Waals surface area contributed by atoms with Crippen LogP contribution in [0.15, 0.2) is 42.6 Å². The van der Waals surface area contributed by atoms with Crippen molar-refractivity contribution >= 4 is 28.4 Å². The number of hydrogen-bond acceptors (Lipinski definition) is 3. The third-order valence-corrected chi connectivity index (χ3v) is 5.20. The SMILES string of the molecule is O=C(CCCc1c[nH]c2ccccc12)NCCc1cc(Cl)c2c(c1)OCCO2. The van der Waals surface area contributed by atoms with Gasteiger partial charge in [0.05, 0.1) is 5.02 Å². The molecule has 0 unspecified atom stereocenters. The number of carbonyl (C=O) groups is 1. The van der Waals surface area contributed by atoms with Crippen molar-refractivity contribution < 1.29 is 14.3 Å². The third kappa shape index (κ3) is 4.25. The third-order valence-electron chi connectivity index (χ3n) is 4.92. The van der Waals surface area contributed by atoms with Crippen molar-refractivity contribution in [2.45, 2.75) is 25.7 Å². The fraction of sp³-hybridized carbons (Fsp3) is 0.318. The molecule has 2 heterocycles. The molecule has 0 fully saturated rings. The summed E-state index contributed by atoms with van der Waals surface area (Å²) in [4.78, 5) is 15.4. The smallest absolute Gasteiger partial charge is 0.220 e. The molecule has 0 saturated carbocycles. The fourth-order valence-electron chi connectivity index (χ4n) is 3.52. The van der Waals surface area contributed by atoms with Crippen molar-refractivity contribution in [2.75, 3.05) is 19.8 Å². The lowest BCUT2D eigenvalue weighted by molar-refractivity contribution is -0.121. The van der Waals surface area contributed by atoms with E-state index in [4.69, 9.17) is 21.1 Å². The second kappa shape index (κ2) is 8.57. The summed E-state index contributed by atoms with van der Waals surface area (Å²) < 4.78 is 11.1. The number of H-pyrrole nitrogens is 1. The maximum absolute atomic E-state index is 12.1. The van der Waals surface area contributed by atoms with Crippen molar-refractivity contribution in [1.29, 1.82) is 0 Å². The average Bonchev–Trinajstić information content (AvgIpc) is 3.11. The summed E-state index contributed by atoms with van der Waals surface area (Å²) in [5.74, 6) is 1.36. The Bertz CT molecular complexity index is 983. The van der Waals surface area contributed by atoms with Gasteiger partial charge in [-0.15, -0.1) is 0 Å². The number of para-hydroxylation sites is 1. The predicted octanol–water partition coefficient (Wildman–Crippen LogP) is 4.27. The Labute approximate surface area is 169 Å². The van der Waals surface area contributed by atoms with Crippen LogP contribution in [0.1, 0.15) is 24.0 Å². The lowest BCUT2D eigenvalue weighted by Gasteiger charge is -2.20. The maximum atomic E-state index is 12.1. The summed E-state index contributed by atoms with van der Waals surface area (Å²) in [5, 5.41) is 4.77. The molecule has 2 N–H and O–H groups in total. The molecule has 0 atom stereocenters. The topological polar surface area (TPSA) is 63.4 Å². The van der Waals surface area contributed by atoms with Crippen LogP contribution in [-0.2, 0) is 17.6 Å². The van der Waals surface area contributed by atoms with Crippen LogP contribution in [-0.4, -0.2) is 30.6 Å². The van der Waals surface area contributed by atoms with Gasteiger partial charge in [0.2, 0.25) is 5.91 Å². The summed E-state index contributed by atoms with van der Waals surface area (Å²) in [7, 11) is 0. The van der Waals surface area contributed by atoms with E-state index in [9.17, 15) is 4.79 Å². The molecule has 3 aromatic rings. The number of aromatic amines is 1. The Morgan fingerprint density at radius 1 is 1.14 bits per heavy atom. The number of hydrogen-bond donors (Lipinski definition) is 2. The molecule has 1 aliphatic rings. The predicted molar refractivity (Wildman–Crippen MR) is 110 cm³/mol. The second-order valence-electron chi connectivity index (χ2n) is 6.91. The van der Waals surface area contributed by atoms with Crippen LogP contribution in [0.25, 0.3) is 10.9 Å². The van der Waals surface area contributed by atoms with Crippen molar-refractivity contribution in [3.63, 3.8) is 0 Å². The molecule has 6 heteroatoms. The summed E-state index contributed by atoms with van der Waals surface area (Å²) in [6, 6.07) is 12.0. The highest BCUT2D eigenvalue weighted by molar-refractivity contribution is 6.32. The van der Waals surface area contributed by atoms with Gasteiger partial charge >= 0.3 is 0 Å². The van der Waals surface area contributed by atoms with Gasteiger partial charge in [-0.05, 0) is 48.6 Å². The molecule has 0 radical (unpaired) electrons. The van der Waals surface area contributed by atoms with Gasteiger partial charge in [0, 0.05) is 30.1 Å². The Hall–Kier alpha value is -2.66. The van der Waals surface area contributed by atoms with E-state index in [0.717, 1.165) is 23.9 Å². The highest BCUT2D eigenvalue weighted by Crippen LogP contribution is 2.38. The molecule has 28 heavy (non-hydrogen) atoms. The van der Waals surface area contributed by atoms with Gasteiger partial charge in [0.15, 0.2) is 11.5 Å². The normalized spacial score (nSPS) is 12.9. The van der Waals surface area contributed by atoms with Crippen molar-refractivity contribution in [3.8, 4) is 11.5 Å². The minimum absolute atomic E-state index is 0.0727. The van der Waals surface area contributed by atoms with E-state index in [1.807, 2.05) is 30.5 Å². The molecule has 5 nitrogen and oxygen atoms in total. The minimum atomic E-state index is 0.0727. The summed E-state index contributed by atoms with van der Waals surface area (Å²) in [6.45, 7) is 1.61. The van der Waals surface area contributed by atoms with E-state index >= 15 is 0 Å². The Morgan fingerprint density at radius 2 is 2.00 bits per heavy atom. The van der Waals surface area contributed by atoms with E-state index in [-0.39, 0.29) is 5.91 Å². The largest absolute Gasteiger partial charge is 0.486 e. The van der Waals surface area contributed by atoms with Crippen molar-refractivity contribution in [2.24, 2.45) is 0 Å². The lowest BCUT2D eigenvalue weighted by Crippen LogP contribution is -2.25. The molecular formula is C22H23ClN2O3. The van der Waals surface area contributed by atoms with E-state index < -0.39 is 0 Å². The summed E-state index contributed by atoms with van der Waals surface area (Å²) >= 11 is 6.25. The van der Waals surface area contributed by atoms with Crippen molar-refractivity contribution in [1.82, 2.24) is 10.3 Å². The van der Waals surface area contributed by atoms with E-state index in [1.165, 1.54) is 10.9 Å². The Morgan fingerprint density at radius 3 is 2.93 bits per heavy atom. The number of ether oxygens (including phenoxy) is 2. The molecule has 1 aliphatic heterocycles. The molecular weight excluding hydrogens is 376 g/mol. The molecule has 2 aromatic carbocycles. The zero-order valence-electron chi connectivity index (χ0n) is 15.6. The monoisotopic (exact) mass is 398 g/mol. The molecule has 0 bridgehead atoms. The first-order valence-corrected chi connectivity index (χ1v) is 9.98. The zero-order chi connectivity index (χ0) is 19.3. The van der Waals surface area contributed by atoms with E-state index in [0.29, 0.717) is 49.1 Å². The van der Waals surface area contributed by atoms with Gasteiger partial charge in [0.1, 0.15) is 13.2 Å². The summed E-state index contributed by atoms with van der Waals surface area (Å²) in [6.07, 6.45) is 4.96. The summed E-state index contributed by atoms with van der Waals surface area (Å²) in [5.41, 5.74) is 3.42. The molecule has 4 rings (SSSR count). The Kier molecular flexibility index (Phi) is 5.72. The van der Waals surface area contributed by atoms with Crippen LogP contribution in [0.4, 0.5) is 0 Å². The quantitative estimate of drug-likeness (QED) is 0.624. The second-order valence-corrected chi connectivity index (χ2v) is 7.32. The van der Waals surface area contributed by atoms with Crippen LogP contribution < -0.4 is 14.8 Å². The van der Waals surface area contributed by atoms with Gasteiger partial charge in [0.25, 0.3) is 0 Å². The maximum Gasteiger partial charge on any atom is 0.220 e. The first kappa shape index (κ1) is 18.7. The molecule has 0 aliphatic carbocycles. The van der Waals surface area contributed by atoms with E-state index in [2.05, 4.69) is 22.4 Å². The first-order chi connectivity index (χ1) is 13.7. The van der Waals surface area contributed by atoms with Crippen LogP contribution in [0.3, 0.4) is 0 Å². The number of nitrogens with one attached hydrogen (secondary N) is 2. The molecule has 146 valence electrons. The number of benzene rings is 2. The number of aromatic nitrogens is 1. The molecule has 1 amide bonds. The average molecular weight is 399 g/mol.